The van der Waals surface area contributed by atoms with Crippen molar-refractivity contribution < 1.29 is 37.7 Å². The second-order valence-electron chi connectivity index (χ2n) is 5.96. The minimum absolute atomic E-state index is 0.0587. The second kappa shape index (κ2) is 7.91. The molecule has 1 aliphatic rings. The summed E-state index contributed by atoms with van der Waals surface area (Å²) >= 11 is 0. The third kappa shape index (κ3) is 5.49. The highest BCUT2D eigenvalue weighted by Gasteiger charge is 2.27. The predicted octanol–water partition coefficient (Wildman–Crippen LogP) is -3.70. The molecule has 1 heterocycles. The van der Waals surface area contributed by atoms with Crippen LogP contribution in [0.2, 0.25) is 0 Å². The van der Waals surface area contributed by atoms with E-state index in [1.165, 1.54) is 23.1 Å². The molecule has 0 radical (unpaired) electrons. The van der Waals surface area contributed by atoms with Crippen molar-refractivity contribution in [3.63, 3.8) is 0 Å². The Bertz CT molecular complexity index is 742. The topological polar surface area (TPSA) is 142 Å². The number of nitrogens with zero attached hydrogens (tertiary/aromatic N) is 1. The number of rotatable bonds is 6. The van der Waals surface area contributed by atoms with Crippen LogP contribution in [0.5, 0.6) is 0 Å². The van der Waals surface area contributed by atoms with Gasteiger partial charge in [0.2, 0.25) is 0 Å². The number of amides is 1. The summed E-state index contributed by atoms with van der Waals surface area (Å²) in [4.78, 5) is 26.0. The lowest BCUT2D eigenvalue weighted by molar-refractivity contribution is -0.906. The molecule has 9 nitrogen and oxygen atoms in total. The molecule has 1 aromatic rings. The molecule has 1 amide bonds. The van der Waals surface area contributed by atoms with Crippen LogP contribution in [-0.2, 0) is 10.1 Å². The summed E-state index contributed by atoms with van der Waals surface area (Å²) in [5.41, 5.74) is -0.109. The van der Waals surface area contributed by atoms with Crippen LogP contribution >= 0.6 is 0 Å². The maximum absolute atomic E-state index is 12.5. The molecule has 0 aromatic heterocycles. The highest BCUT2D eigenvalue weighted by atomic mass is 32.2. The maximum Gasteiger partial charge on any atom is 0.254 e. The van der Waals surface area contributed by atoms with E-state index in [1.54, 1.807) is 6.07 Å². The molecule has 10 heteroatoms. The fourth-order valence-corrected chi connectivity index (χ4v) is 3.46. The SMILES string of the molecule is O=C([O-])c1ccccc1C(=O)N1CC[NH+](C[C@H](O)CS(=O)(=O)[O-])CC1. The summed E-state index contributed by atoms with van der Waals surface area (Å²) in [6.07, 6.45) is -1.25. The molecule has 0 saturated carbocycles. The minimum Gasteiger partial charge on any atom is -0.748 e. The van der Waals surface area contributed by atoms with E-state index in [2.05, 4.69) is 0 Å². The minimum atomic E-state index is -4.49. The van der Waals surface area contributed by atoms with Crippen molar-refractivity contribution in [3.05, 3.63) is 35.4 Å². The summed E-state index contributed by atoms with van der Waals surface area (Å²) in [7, 11) is -4.49. The van der Waals surface area contributed by atoms with Gasteiger partial charge in [0, 0.05) is 11.1 Å². The van der Waals surface area contributed by atoms with E-state index in [0.717, 1.165) is 4.90 Å². The number of hydrogen-bond acceptors (Lipinski definition) is 7. The highest BCUT2D eigenvalue weighted by molar-refractivity contribution is 7.85. The van der Waals surface area contributed by atoms with E-state index < -0.39 is 33.9 Å². The van der Waals surface area contributed by atoms with Gasteiger partial charge in [0.25, 0.3) is 5.91 Å². The number of aliphatic hydroxyl groups is 1. The Morgan fingerprint density at radius 2 is 1.76 bits per heavy atom. The number of carboxylic acid groups (broad SMARTS) is 1. The molecule has 25 heavy (non-hydrogen) atoms. The molecule has 1 atom stereocenters. The number of carboxylic acids is 1. The van der Waals surface area contributed by atoms with Gasteiger partial charge in [-0.3, -0.25) is 4.79 Å². The van der Waals surface area contributed by atoms with Crippen LogP contribution in [0, 0.1) is 0 Å². The van der Waals surface area contributed by atoms with Gasteiger partial charge in [-0.2, -0.15) is 0 Å². The third-order valence-electron chi connectivity index (χ3n) is 4.06. The van der Waals surface area contributed by atoms with Gasteiger partial charge in [-0.15, -0.1) is 0 Å². The van der Waals surface area contributed by atoms with E-state index in [-0.39, 0.29) is 17.7 Å². The number of carbonyl (C=O) groups excluding carboxylic acids is 2. The van der Waals surface area contributed by atoms with Crippen LogP contribution in [-0.4, -0.2) is 79.4 Å². The molecule has 0 bridgehead atoms. The quantitative estimate of drug-likeness (QED) is 0.490. The van der Waals surface area contributed by atoms with Crippen LogP contribution in [0.15, 0.2) is 24.3 Å². The summed E-state index contributed by atoms with van der Waals surface area (Å²) in [5.74, 6) is -2.67. The first-order valence-corrected chi connectivity index (χ1v) is 9.30. The summed E-state index contributed by atoms with van der Waals surface area (Å²) in [6.45, 7) is 1.66. The molecule has 1 aliphatic heterocycles. The van der Waals surface area contributed by atoms with Crippen LogP contribution < -0.4 is 10.0 Å². The van der Waals surface area contributed by atoms with Crippen molar-refractivity contribution in [1.82, 2.24) is 4.90 Å². The molecule has 0 aliphatic carbocycles. The number of quaternary nitrogens is 1. The Labute approximate surface area is 145 Å². The number of aromatic carboxylic acids is 1. The monoisotopic (exact) mass is 371 g/mol. The zero-order valence-corrected chi connectivity index (χ0v) is 14.2. The van der Waals surface area contributed by atoms with Gasteiger partial charge in [-0.1, -0.05) is 18.2 Å². The number of benzene rings is 1. The number of nitrogens with one attached hydrogen (secondary N) is 1. The summed E-state index contributed by atoms with van der Waals surface area (Å²) in [6, 6.07) is 5.82. The first-order chi connectivity index (χ1) is 11.7. The molecule has 2 rings (SSSR count). The fraction of sp³-hybridized carbons (Fsp3) is 0.467. The first-order valence-electron chi connectivity index (χ1n) is 7.72. The number of hydrogen-bond donors (Lipinski definition) is 2. The third-order valence-corrected chi connectivity index (χ3v) is 4.85. The molecule has 0 unspecified atom stereocenters. The lowest BCUT2D eigenvalue weighted by Gasteiger charge is -2.33. The first kappa shape index (κ1) is 19.3. The van der Waals surface area contributed by atoms with Crippen molar-refractivity contribution in [2.24, 2.45) is 0 Å². The van der Waals surface area contributed by atoms with Gasteiger partial charge in [0.1, 0.15) is 12.6 Å². The van der Waals surface area contributed by atoms with Crippen molar-refractivity contribution in [2.75, 3.05) is 38.5 Å². The Hall–Kier alpha value is -2.01. The van der Waals surface area contributed by atoms with Gasteiger partial charge in [0.15, 0.2) is 0 Å². The molecular weight excluding hydrogens is 352 g/mol. The summed E-state index contributed by atoms with van der Waals surface area (Å²) in [5, 5.41) is 20.7. The zero-order valence-electron chi connectivity index (χ0n) is 13.4. The number of piperazine rings is 1. The Balaban J connectivity index is 1.94. The molecule has 0 spiro atoms. The van der Waals surface area contributed by atoms with E-state index in [4.69, 9.17) is 0 Å². The molecule has 1 saturated heterocycles. The maximum atomic E-state index is 12.5. The van der Waals surface area contributed by atoms with Crippen LogP contribution in [0.25, 0.3) is 0 Å². The zero-order chi connectivity index (χ0) is 18.6. The van der Waals surface area contributed by atoms with Gasteiger partial charge in [-0.05, 0) is 6.07 Å². The van der Waals surface area contributed by atoms with E-state index >= 15 is 0 Å². The van der Waals surface area contributed by atoms with Crippen molar-refractivity contribution in [2.45, 2.75) is 6.10 Å². The molecule has 138 valence electrons. The largest absolute Gasteiger partial charge is 0.748 e. The molecule has 1 fully saturated rings. The molecular formula is C15H19N2O7S-. The Morgan fingerprint density at radius 3 is 2.28 bits per heavy atom. The van der Waals surface area contributed by atoms with Crippen molar-refractivity contribution in [1.29, 1.82) is 0 Å². The van der Waals surface area contributed by atoms with Gasteiger partial charge >= 0.3 is 0 Å². The van der Waals surface area contributed by atoms with E-state index in [0.29, 0.717) is 26.2 Å². The molecule has 2 N–H and O–H groups in total. The standard InChI is InChI=1S/C15H20N2O7S/c18-11(10-25(22,23)24)9-16-5-7-17(8-6-16)14(19)12-3-1-2-4-13(12)15(20)21/h1-4,11,18H,5-10H2,(H,20,21)(H,22,23,24)/p-1/t11-/m0/s1. The van der Waals surface area contributed by atoms with Crippen molar-refractivity contribution in [3.8, 4) is 0 Å². The smallest absolute Gasteiger partial charge is 0.254 e. The van der Waals surface area contributed by atoms with Crippen LogP contribution in [0.4, 0.5) is 0 Å². The van der Waals surface area contributed by atoms with E-state index in [9.17, 15) is 32.8 Å². The van der Waals surface area contributed by atoms with Gasteiger partial charge < -0.3 is 29.4 Å². The Kier molecular flexibility index (Phi) is 6.11. The van der Waals surface area contributed by atoms with Gasteiger partial charge in [0.05, 0.1) is 48.0 Å². The summed E-state index contributed by atoms with van der Waals surface area (Å²) < 4.78 is 31.9. The second-order valence-corrected chi connectivity index (χ2v) is 7.41. The lowest BCUT2D eigenvalue weighted by Crippen LogP contribution is -3.16. The fourth-order valence-electron chi connectivity index (χ4n) is 2.88. The Morgan fingerprint density at radius 1 is 1.20 bits per heavy atom. The van der Waals surface area contributed by atoms with E-state index in [1.807, 2.05) is 0 Å². The average molecular weight is 371 g/mol. The van der Waals surface area contributed by atoms with Crippen molar-refractivity contribution >= 4 is 22.0 Å². The number of carbonyl (C=O) groups is 2. The van der Waals surface area contributed by atoms with Gasteiger partial charge in [-0.25, -0.2) is 8.42 Å². The highest BCUT2D eigenvalue weighted by Crippen LogP contribution is 2.11. The molecule has 1 aromatic carbocycles. The average Bonchev–Trinajstić information content (AvgIpc) is 2.53. The predicted molar refractivity (Wildman–Crippen MR) is 82.8 cm³/mol. The lowest BCUT2D eigenvalue weighted by atomic mass is 10.1. The number of aliphatic hydroxyl groups excluding tert-OH is 1. The van der Waals surface area contributed by atoms with Crippen LogP contribution in [0.3, 0.4) is 0 Å². The van der Waals surface area contributed by atoms with Crippen LogP contribution in [0.1, 0.15) is 20.7 Å². The normalized spacial score (nSPS) is 17.3.